The zero-order valence-corrected chi connectivity index (χ0v) is 12.6. The summed E-state index contributed by atoms with van der Waals surface area (Å²) in [7, 11) is 0. The van der Waals surface area contributed by atoms with Crippen molar-refractivity contribution in [3.63, 3.8) is 0 Å². The molecule has 0 aromatic heterocycles. The molecule has 0 unspecified atom stereocenters. The van der Waals surface area contributed by atoms with Gasteiger partial charge in [-0.3, -0.25) is 4.79 Å². The van der Waals surface area contributed by atoms with Gasteiger partial charge in [-0.1, -0.05) is 0 Å². The molecule has 1 aliphatic rings. The number of amides is 1. The number of carbonyl (C=O) groups is 1. The van der Waals surface area contributed by atoms with Crippen molar-refractivity contribution >= 4 is 11.6 Å². The number of nitrogens with one attached hydrogen (secondary N) is 1. The molecule has 0 spiro atoms. The van der Waals surface area contributed by atoms with Gasteiger partial charge in [0.05, 0.1) is 36.1 Å². The van der Waals surface area contributed by atoms with Crippen molar-refractivity contribution in [3.8, 4) is 11.8 Å². The Kier molecular flexibility index (Phi) is 5.52. The molecular formula is C15H19N3O5. The van der Waals surface area contributed by atoms with Gasteiger partial charge in [-0.05, 0) is 18.2 Å². The Morgan fingerprint density at radius 1 is 1.61 bits per heavy atom. The summed E-state index contributed by atoms with van der Waals surface area (Å²) >= 11 is 0. The van der Waals surface area contributed by atoms with E-state index in [1.807, 2.05) is 6.07 Å². The molecule has 1 saturated heterocycles. The molecule has 2 rings (SSSR count). The van der Waals surface area contributed by atoms with Crippen molar-refractivity contribution in [2.45, 2.75) is 37.9 Å². The maximum Gasteiger partial charge on any atom is 0.221 e. The second-order valence-corrected chi connectivity index (χ2v) is 5.29. The van der Waals surface area contributed by atoms with Gasteiger partial charge < -0.3 is 30.7 Å². The summed E-state index contributed by atoms with van der Waals surface area (Å²) in [6.07, 6.45) is -2.33. The van der Waals surface area contributed by atoms with Gasteiger partial charge in [0.2, 0.25) is 12.2 Å². The molecule has 5 N–H and O–H groups in total. The second-order valence-electron chi connectivity index (χ2n) is 5.29. The van der Waals surface area contributed by atoms with Crippen LogP contribution in [0.1, 0.15) is 18.9 Å². The number of carbonyl (C=O) groups excluding carboxylic acids is 1. The summed E-state index contributed by atoms with van der Waals surface area (Å²) in [6, 6.07) is 5.82. The van der Waals surface area contributed by atoms with Crippen LogP contribution in [-0.2, 0) is 9.53 Å². The van der Waals surface area contributed by atoms with E-state index in [0.29, 0.717) is 17.0 Å². The van der Waals surface area contributed by atoms with Gasteiger partial charge in [0.1, 0.15) is 11.9 Å². The Labute approximate surface area is 133 Å². The smallest absolute Gasteiger partial charge is 0.221 e. The van der Waals surface area contributed by atoms with Gasteiger partial charge in [-0.2, -0.15) is 5.26 Å². The van der Waals surface area contributed by atoms with Crippen LogP contribution >= 0.6 is 0 Å². The molecule has 1 amide bonds. The molecule has 8 nitrogen and oxygen atoms in total. The molecule has 8 heteroatoms. The van der Waals surface area contributed by atoms with E-state index in [9.17, 15) is 15.0 Å². The number of hydrogen-bond donors (Lipinski definition) is 4. The molecule has 1 aliphatic heterocycles. The lowest BCUT2D eigenvalue weighted by molar-refractivity contribution is -0.192. The van der Waals surface area contributed by atoms with Gasteiger partial charge in [0.15, 0.2) is 0 Å². The van der Waals surface area contributed by atoms with Crippen LogP contribution in [0.3, 0.4) is 0 Å². The third-order valence-corrected chi connectivity index (χ3v) is 3.49. The highest BCUT2D eigenvalue weighted by molar-refractivity contribution is 5.90. The Morgan fingerprint density at radius 3 is 2.96 bits per heavy atom. The third kappa shape index (κ3) is 4.18. The van der Waals surface area contributed by atoms with Crippen LogP contribution in [0.25, 0.3) is 0 Å². The number of nitrogens with zero attached hydrogens (tertiary/aromatic N) is 1. The molecule has 0 saturated carbocycles. The highest BCUT2D eigenvalue weighted by Crippen LogP contribution is 2.29. The zero-order valence-electron chi connectivity index (χ0n) is 12.6. The van der Waals surface area contributed by atoms with Gasteiger partial charge in [0.25, 0.3) is 0 Å². The van der Waals surface area contributed by atoms with Gasteiger partial charge in [0, 0.05) is 13.3 Å². The van der Waals surface area contributed by atoms with Crippen molar-refractivity contribution in [1.29, 1.82) is 5.26 Å². The maximum absolute atomic E-state index is 11.3. The molecule has 1 aromatic rings. The number of nitriles is 1. The minimum absolute atomic E-state index is 0.122. The Balaban J connectivity index is 2.19. The number of aliphatic hydroxyl groups is 2. The number of hydrogen-bond acceptors (Lipinski definition) is 7. The number of nitrogens with two attached hydrogens (primary N) is 1. The molecular weight excluding hydrogens is 302 g/mol. The van der Waals surface area contributed by atoms with Gasteiger partial charge in [-0.25, -0.2) is 0 Å². The molecule has 1 fully saturated rings. The standard InChI is InChI=1S/C15H19N3O5/c1-8(20)18-10-4-9(6-16)2-3-12(10)22-14-5-11(21)15(17)13(7-19)23-14/h2-4,11,13-15,19,21H,5,7,17H2,1H3,(H,18,20)/t11-,13-,14+,15-/m1/s1. The van der Waals surface area contributed by atoms with Crippen LogP contribution in [0.4, 0.5) is 5.69 Å². The van der Waals surface area contributed by atoms with E-state index >= 15 is 0 Å². The first-order valence-corrected chi connectivity index (χ1v) is 7.13. The molecule has 1 aromatic carbocycles. The van der Waals surface area contributed by atoms with Crippen molar-refractivity contribution in [2.75, 3.05) is 11.9 Å². The number of anilines is 1. The molecule has 124 valence electrons. The van der Waals surface area contributed by atoms with Crippen LogP contribution < -0.4 is 15.8 Å². The van der Waals surface area contributed by atoms with E-state index in [1.165, 1.54) is 25.1 Å². The number of rotatable bonds is 4. The minimum atomic E-state index is -0.881. The first-order chi connectivity index (χ1) is 10.9. The lowest BCUT2D eigenvalue weighted by Gasteiger charge is -2.37. The van der Waals surface area contributed by atoms with E-state index in [2.05, 4.69) is 5.32 Å². The predicted molar refractivity (Wildman–Crippen MR) is 80.4 cm³/mol. The molecule has 0 aliphatic carbocycles. The fraction of sp³-hybridized carbons (Fsp3) is 0.467. The SMILES string of the molecule is CC(=O)Nc1cc(C#N)ccc1O[C@@H]1C[C@@H](O)[C@@H](N)[C@@H](CO)O1. The second kappa shape index (κ2) is 7.39. The van der Waals surface area contributed by atoms with Crippen LogP contribution in [0.5, 0.6) is 5.75 Å². The summed E-state index contributed by atoms with van der Waals surface area (Å²) in [6.45, 7) is 0.995. The topological polar surface area (TPSA) is 138 Å². The monoisotopic (exact) mass is 321 g/mol. The molecule has 4 atom stereocenters. The third-order valence-electron chi connectivity index (χ3n) is 3.49. The normalized spacial score (nSPS) is 27.1. The number of ether oxygens (including phenoxy) is 2. The summed E-state index contributed by atoms with van der Waals surface area (Å²) in [5, 5.41) is 30.7. The van der Waals surface area contributed by atoms with Gasteiger partial charge >= 0.3 is 0 Å². The quantitative estimate of drug-likeness (QED) is 0.597. The fourth-order valence-corrected chi connectivity index (χ4v) is 2.32. The van der Waals surface area contributed by atoms with Crippen LogP contribution in [0.2, 0.25) is 0 Å². The largest absolute Gasteiger partial charge is 0.463 e. The fourth-order valence-electron chi connectivity index (χ4n) is 2.32. The van der Waals surface area contributed by atoms with E-state index in [-0.39, 0.29) is 18.9 Å². The minimum Gasteiger partial charge on any atom is -0.463 e. The molecule has 23 heavy (non-hydrogen) atoms. The summed E-state index contributed by atoms with van der Waals surface area (Å²) in [5.74, 6) is -0.0200. The Bertz CT molecular complexity index is 616. The van der Waals surface area contributed by atoms with E-state index in [0.717, 1.165) is 0 Å². The van der Waals surface area contributed by atoms with Crippen LogP contribution in [0.15, 0.2) is 18.2 Å². The highest BCUT2D eigenvalue weighted by Gasteiger charge is 2.36. The predicted octanol–water partition coefficient (Wildman–Crippen LogP) is -0.309. The maximum atomic E-state index is 11.3. The average Bonchev–Trinajstić information content (AvgIpc) is 2.51. The lowest BCUT2D eigenvalue weighted by atomic mass is 10.00. The van der Waals surface area contributed by atoms with Crippen molar-refractivity contribution in [3.05, 3.63) is 23.8 Å². The summed E-state index contributed by atoms with van der Waals surface area (Å²) in [5.41, 5.74) is 6.42. The Hall–Kier alpha value is -2.18. The van der Waals surface area contributed by atoms with Crippen LogP contribution in [-0.4, -0.2) is 47.3 Å². The first-order valence-electron chi connectivity index (χ1n) is 7.13. The zero-order chi connectivity index (χ0) is 17.0. The van der Waals surface area contributed by atoms with E-state index in [1.54, 1.807) is 0 Å². The number of aliphatic hydroxyl groups excluding tert-OH is 2. The highest BCUT2D eigenvalue weighted by atomic mass is 16.7. The summed E-state index contributed by atoms with van der Waals surface area (Å²) in [4.78, 5) is 11.3. The summed E-state index contributed by atoms with van der Waals surface area (Å²) < 4.78 is 11.2. The van der Waals surface area contributed by atoms with E-state index in [4.69, 9.17) is 20.5 Å². The van der Waals surface area contributed by atoms with Crippen LogP contribution in [0, 0.1) is 11.3 Å². The molecule has 0 radical (unpaired) electrons. The van der Waals surface area contributed by atoms with Gasteiger partial charge in [-0.15, -0.1) is 0 Å². The lowest BCUT2D eigenvalue weighted by Crippen LogP contribution is -2.55. The molecule has 1 heterocycles. The van der Waals surface area contributed by atoms with Crippen molar-refractivity contribution in [2.24, 2.45) is 5.73 Å². The Morgan fingerprint density at radius 2 is 2.35 bits per heavy atom. The van der Waals surface area contributed by atoms with Crippen molar-refractivity contribution < 1.29 is 24.5 Å². The van der Waals surface area contributed by atoms with E-state index < -0.39 is 24.5 Å². The average molecular weight is 321 g/mol. The first kappa shape index (κ1) is 17.2. The number of benzene rings is 1. The molecule has 0 bridgehead atoms. The van der Waals surface area contributed by atoms with Crippen molar-refractivity contribution in [1.82, 2.24) is 0 Å².